The van der Waals surface area contributed by atoms with Crippen LogP contribution in [0.5, 0.6) is 0 Å². The van der Waals surface area contributed by atoms with Crippen LogP contribution in [0.2, 0.25) is 0 Å². The van der Waals surface area contributed by atoms with Crippen molar-refractivity contribution in [2.24, 2.45) is 0 Å². The number of benzene rings is 1. The lowest BCUT2D eigenvalue weighted by Gasteiger charge is -2.21. The average molecular weight is 355 g/mol. The van der Waals surface area contributed by atoms with Crippen LogP contribution >= 0.6 is 11.3 Å². The Morgan fingerprint density at radius 1 is 1.20 bits per heavy atom. The van der Waals surface area contributed by atoms with E-state index in [0.717, 1.165) is 21.7 Å². The highest BCUT2D eigenvalue weighted by Crippen LogP contribution is 2.29. The van der Waals surface area contributed by atoms with Gasteiger partial charge in [-0.1, -0.05) is 26.8 Å². The normalized spacial score (nSPS) is 11.7. The van der Waals surface area contributed by atoms with E-state index in [1.165, 1.54) is 11.3 Å². The molecule has 0 aliphatic carbocycles. The van der Waals surface area contributed by atoms with Crippen molar-refractivity contribution in [1.29, 1.82) is 0 Å². The van der Waals surface area contributed by atoms with Crippen LogP contribution in [-0.4, -0.2) is 15.9 Å². The molecule has 0 saturated carbocycles. The molecule has 2 aromatic heterocycles. The summed E-state index contributed by atoms with van der Waals surface area (Å²) in [6.45, 7) is 9.93. The van der Waals surface area contributed by atoms with Gasteiger partial charge < -0.3 is 10.3 Å². The predicted molar refractivity (Wildman–Crippen MR) is 103 cm³/mol. The molecule has 0 fully saturated rings. The first-order valence-electron chi connectivity index (χ1n) is 8.08. The Labute approximate surface area is 150 Å². The fraction of sp³-hybridized carbons (Fsp3) is 0.316. The third-order valence-corrected chi connectivity index (χ3v) is 5.09. The van der Waals surface area contributed by atoms with Gasteiger partial charge in [-0.3, -0.25) is 9.59 Å². The van der Waals surface area contributed by atoms with Crippen LogP contribution in [0.3, 0.4) is 0 Å². The van der Waals surface area contributed by atoms with E-state index in [1.54, 1.807) is 12.1 Å². The Kier molecular flexibility index (Phi) is 4.24. The number of aromatic nitrogens is 2. The van der Waals surface area contributed by atoms with Crippen molar-refractivity contribution >= 4 is 33.8 Å². The molecule has 2 N–H and O–H groups in total. The van der Waals surface area contributed by atoms with Crippen molar-refractivity contribution in [3.63, 3.8) is 0 Å². The van der Waals surface area contributed by atoms with Crippen molar-refractivity contribution < 1.29 is 4.79 Å². The molecule has 0 spiro atoms. The minimum Gasteiger partial charge on any atom is -0.322 e. The third-order valence-electron chi connectivity index (χ3n) is 4.02. The molecule has 25 heavy (non-hydrogen) atoms. The zero-order chi connectivity index (χ0) is 18.4. The molecule has 1 aromatic carbocycles. The molecule has 3 rings (SSSR count). The van der Waals surface area contributed by atoms with Gasteiger partial charge in [0.05, 0.1) is 16.2 Å². The summed E-state index contributed by atoms with van der Waals surface area (Å²) in [6, 6.07) is 7.24. The molecule has 0 unspecified atom stereocenters. The first-order valence-corrected chi connectivity index (χ1v) is 8.90. The Morgan fingerprint density at radius 3 is 2.52 bits per heavy atom. The van der Waals surface area contributed by atoms with E-state index in [2.05, 4.69) is 36.1 Å². The molecule has 6 heteroatoms. The summed E-state index contributed by atoms with van der Waals surface area (Å²) >= 11 is 1.37. The van der Waals surface area contributed by atoms with E-state index in [-0.39, 0.29) is 16.9 Å². The highest BCUT2D eigenvalue weighted by atomic mass is 32.1. The monoisotopic (exact) mass is 355 g/mol. The second-order valence-corrected chi connectivity index (χ2v) is 8.36. The van der Waals surface area contributed by atoms with Crippen LogP contribution in [0.1, 0.15) is 46.7 Å². The third kappa shape index (κ3) is 3.49. The summed E-state index contributed by atoms with van der Waals surface area (Å²) in [5.74, 6) is -0.184. The number of amides is 1. The number of hydrogen-bond donors (Lipinski definition) is 2. The highest BCUT2D eigenvalue weighted by Gasteiger charge is 2.19. The van der Waals surface area contributed by atoms with E-state index in [4.69, 9.17) is 0 Å². The summed E-state index contributed by atoms with van der Waals surface area (Å²) < 4.78 is 0. The predicted octanol–water partition coefficient (Wildman–Crippen LogP) is 4.15. The number of H-pyrrole nitrogens is 1. The molecule has 1 amide bonds. The first kappa shape index (κ1) is 17.4. The maximum atomic E-state index is 12.5. The second-order valence-electron chi connectivity index (χ2n) is 7.16. The van der Waals surface area contributed by atoms with Crippen LogP contribution < -0.4 is 10.9 Å². The van der Waals surface area contributed by atoms with Crippen molar-refractivity contribution in [2.45, 2.75) is 40.0 Å². The molecule has 2 heterocycles. The van der Waals surface area contributed by atoms with Crippen LogP contribution in [0.15, 0.2) is 29.1 Å². The highest BCUT2D eigenvalue weighted by molar-refractivity contribution is 7.13. The van der Waals surface area contributed by atoms with Crippen LogP contribution in [-0.2, 0) is 5.41 Å². The van der Waals surface area contributed by atoms with E-state index in [1.807, 2.05) is 26.0 Å². The van der Waals surface area contributed by atoms with Gasteiger partial charge >= 0.3 is 0 Å². The lowest BCUT2D eigenvalue weighted by Crippen LogP contribution is -2.17. The number of aryl methyl sites for hydroxylation is 2. The molecule has 0 aliphatic rings. The van der Waals surface area contributed by atoms with Gasteiger partial charge in [-0.05, 0) is 37.0 Å². The second kappa shape index (κ2) is 6.11. The van der Waals surface area contributed by atoms with Crippen LogP contribution in [0.25, 0.3) is 10.9 Å². The number of carbonyl (C=O) groups is 1. The van der Waals surface area contributed by atoms with Gasteiger partial charge in [0.25, 0.3) is 5.91 Å². The van der Waals surface area contributed by atoms with Gasteiger partial charge in [0, 0.05) is 17.1 Å². The fourth-order valence-corrected chi connectivity index (χ4v) is 3.70. The Balaban J connectivity index is 2.01. The molecule has 0 atom stereocenters. The van der Waals surface area contributed by atoms with Gasteiger partial charge in [0.15, 0.2) is 0 Å². The smallest absolute Gasteiger partial charge is 0.267 e. The van der Waals surface area contributed by atoms with Gasteiger partial charge in [0.2, 0.25) is 5.56 Å². The minimum absolute atomic E-state index is 0.144. The molecule has 0 saturated heterocycles. The van der Waals surface area contributed by atoms with Gasteiger partial charge in [-0.25, -0.2) is 4.98 Å². The van der Waals surface area contributed by atoms with Crippen LogP contribution in [0, 0.1) is 13.8 Å². The number of rotatable bonds is 2. The number of hydrogen-bond acceptors (Lipinski definition) is 4. The summed E-state index contributed by atoms with van der Waals surface area (Å²) in [5.41, 5.74) is 2.78. The topological polar surface area (TPSA) is 74.8 Å². The Morgan fingerprint density at radius 2 is 1.92 bits per heavy atom. The molecule has 0 radical (unpaired) electrons. The standard InChI is InChI=1S/C19H21N3O2S/c1-10-17(25-11(2)20-10)18(24)21-12-6-7-13-14(19(3,4)5)9-16(23)22-15(13)8-12/h6-9H,1-5H3,(H,21,24)(H,22,23). The molecular weight excluding hydrogens is 334 g/mol. The summed E-state index contributed by atoms with van der Waals surface area (Å²) in [5, 5.41) is 4.73. The fourth-order valence-electron chi connectivity index (χ4n) is 2.89. The Hall–Kier alpha value is -2.47. The maximum Gasteiger partial charge on any atom is 0.267 e. The van der Waals surface area contributed by atoms with Crippen molar-refractivity contribution in [3.8, 4) is 0 Å². The number of fused-ring (bicyclic) bond motifs is 1. The zero-order valence-electron chi connectivity index (χ0n) is 15.0. The number of pyridine rings is 1. The molecule has 5 nitrogen and oxygen atoms in total. The summed E-state index contributed by atoms with van der Waals surface area (Å²) in [7, 11) is 0. The minimum atomic E-state index is -0.184. The lowest BCUT2D eigenvalue weighted by molar-refractivity contribution is 0.103. The SMILES string of the molecule is Cc1nc(C)c(C(=O)Nc2ccc3c(C(C)(C)C)cc(=O)[nH]c3c2)s1. The van der Waals surface area contributed by atoms with Crippen LogP contribution in [0.4, 0.5) is 5.69 Å². The summed E-state index contributed by atoms with van der Waals surface area (Å²) in [4.78, 5) is 32.2. The molecule has 0 bridgehead atoms. The van der Waals surface area contributed by atoms with Gasteiger partial charge in [0.1, 0.15) is 4.88 Å². The number of aromatic amines is 1. The van der Waals surface area contributed by atoms with E-state index in [0.29, 0.717) is 16.1 Å². The number of nitrogens with zero attached hydrogens (tertiary/aromatic N) is 1. The zero-order valence-corrected chi connectivity index (χ0v) is 15.8. The molecule has 3 aromatic rings. The lowest BCUT2D eigenvalue weighted by atomic mass is 9.85. The molecule has 130 valence electrons. The van der Waals surface area contributed by atoms with E-state index in [9.17, 15) is 9.59 Å². The van der Waals surface area contributed by atoms with Crippen molar-refractivity contribution in [1.82, 2.24) is 9.97 Å². The first-order chi connectivity index (χ1) is 11.6. The van der Waals surface area contributed by atoms with Gasteiger partial charge in [-0.2, -0.15) is 0 Å². The number of thiazole rings is 1. The average Bonchev–Trinajstić information content (AvgIpc) is 2.84. The number of carbonyl (C=O) groups excluding carboxylic acids is 1. The van der Waals surface area contributed by atoms with Gasteiger partial charge in [-0.15, -0.1) is 11.3 Å². The largest absolute Gasteiger partial charge is 0.322 e. The van der Waals surface area contributed by atoms with E-state index >= 15 is 0 Å². The molecule has 0 aliphatic heterocycles. The van der Waals surface area contributed by atoms with Crippen molar-refractivity contribution in [3.05, 3.63) is 55.8 Å². The maximum absolute atomic E-state index is 12.5. The number of nitrogens with one attached hydrogen (secondary N) is 2. The van der Waals surface area contributed by atoms with E-state index < -0.39 is 0 Å². The quantitative estimate of drug-likeness (QED) is 0.725. The van der Waals surface area contributed by atoms with Crippen molar-refractivity contribution in [2.75, 3.05) is 5.32 Å². The molecular formula is C19H21N3O2S. The summed E-state index contributed by atoms with van der Waals surface area (Å²) in [6.07, 6.45) is 0. The Bertz CT molecular complexity index is 1030. The number of anilines is 1.